The number of nitrogens with zero attached hydrogens (tertiary/aromatic N) is 1. The molecule has 2 rings (SSSR count). The van der Waals surface area contributed by atoms with Gasteiger partial charge in [-0.1, -0.05) is 35.1 Å². The van der Waals surface area contributed by atoms with Crippen LogP contribution in [0.5, 0.6) is 0 Å². The van der Waals surface area contributed by atoms with Crippen LogP contribution in [0.15, 0.2) is 0 Å². The summed E-state index contributed by atoms with van der Waals surface area (Å²) in [6, 6.07) is 0. The van der Waals surface area contributed by atoms with E-state index in [9.17, 15) is 9.59 Å². The molecule has 2 aliphatic rings. The molecule has 0 bridgehead atoms. The van der Waals surface area contributed by atoms with Gasteiger partial charge >= 0.3 is 0 Å². The van der Waals surface area contributed by atoms with Crippen LogP contribution in [0, 0.1) is 17.8 Å². The zero-order valence-electron chi connectivity index (χ0n) is 14.7. The largest absolute Gasteiger partial charge is 0.340 e. The molecule has 5 nitrogen and oxygen atoms in total. The van der Waals surface area contributed by atoms with Crippen molar-refractivity contribution in [1.29, 1.82) is 0 Å². The lowest BCUT2D eigenvalue weighted by Crippen LogP contribution is -2.47. The number of hydrogen-bond donors (Lipinski definition) is 2. The molecular weight excluding hydrogens is 290 g/mol. The summed E-state index contributed by atoms with van der Waals surface area (Å²) in [5.74, 6) is 1.68. The van der Waals surface area contributed by atoms with Gasteiger partial charge in [0.1, 0.15) is 5.78 Å². The van der Waals surface area contributed by atoms with E-state index in [1.165, 1.54) is 6.42 Å². The predicted molar refractivity (Wildman–Crippen MR) is 96.5 cm³/mol. The van der Waals surface area contributed by atoms with E-state index in [0.717, 1.165) is 45.7 Å². The van der Waals surface area contributed by atoms with Crippen LogP contribution in [0.1, 0.15) is 48.0 Å². The van der Waals surface area contributed by atoms with Gasteiger partial charge in [-0.15, -0.1) is 0 Å². The third kappa shape index (κ3) is 8.47. The molecule has 0 aliphatic carbocycles. The average molecular weight is 328 g/mol. The third-order valence-corrected chi connectivity index (χ3v) is 4.22. The summed E-state index contributed by atoms with van der Waals surface area (Å²) in [4.78, 5) is 24.6. The Bertz CT molecular complexity index is 344. The van der Waals surface area contributed by atoms with E-state index < -0.39 is 0 Å². The van der Waals surface area contributed by atoms with Crippen LogP contribution in [-0.4, -0.2) is 55.9 Å². The molecule has 2 saturated heterocycles. The number of ketones is 1. The van der Waals surface area contributed by atoms with Crippen molar-refractivity contribution in [3.8, 4) is 0 Å². The average Bonchev–Trinajstić information content (AvgIpc) is 3.00. The lowest BCUT2D eigenvalue weighted by molar-refractivity contribution is -0.135. The van der Waals surface area contributed by atoms with E-state index in [1.54, 1.807) is 0 Å². The summed E-state index contributed by atoms with van der Waals surface area (Å²) >= 11 is 0. The standard InChI is InChI=1S/C9H17NO.C8H16N2O.CH4/c1-7(2)9(11)5-8-3-4-10-6-8;1-7(2)8(11)10-5-3-9-4-6-10;/h7-8,10H,3-6H2,1-2H3;7,9H,3-6H2,1-2H3;1H4. The maximum Gasteiger partial charge on any atom is 0.225 e. The van der Waals surface area contributed by atoms with Gasteiger partial charge in [0.25, 0.3) is 0 Å². The molecule has 0 saturated carbocycles. The second-order valence-electron chi connectivity index (χ2n) is 6.91. The van der Waals surface area contributed by atoms with Gasteiger partial charge in [0, 0.05) is 44.4 Å². The van der Waals surface area contributed by atoms with E-state index in [4.69, 9.17) is 0 Å². The highest BCUT2D eigenvalue weighted by molar-refractivity contribution is 5.80. The molecule has 5 heteroatoms. The summed E-state index contributed by atoms with van der Waals surface area (Å²) in [5.41, 5.74) is 0. The molecule has 23 heavy (non-hydrogen) atoms. The first-order valence-corrected chi connectivity index (χ1v) is 8.64. The smallest absolute Gasteiger partial charge is 0.225 e. The van der Waals surface area contributed by atoms with Gasteiger partial charge in [0.05, 0.1) is 0 Å². The van der Waals surface area contributed by atoms with E-state index in [0.29, 0.717) is 11.7 Å². The van der Waals surface area contributed by atoms with Gasteiger partial charge in [-0.25, -0.2) is 0 Å². The van der Waals surface area contributed by atoms with Crippen LogP contribution in [0.4, 0.5) is 0 Å². The summed E-state index contributed by atoms with van der Waals surface area (Å²) in [6.45, 7) is 13.6. The van der Waals surface area contributed by atoms with Crippen LogP contribution < -0.4 is 10.6 Å². The predicted octanol–water partition coefficient (Wildman–Crippen LogP) is 1.92. The topological polar surface area (TPSA) is 61.4 Å². The fourth-order valence-electron chi connectivity index (χ4n) is 2.66. The highest BCUT2D eigenvalue weighted by atomic mass is 16.2. The highest BCUT2D eigenvalue weighted by Crippen LogP contribution is 2.14. The van der Waals surface area contributed by atoms with Crippen LogP contribution in [0.25, 0.3) is 0 Å². The van der Waals surface area contributed by atoms with Gasteiger partial charge < -0.3 is 15.5 Å². The van der Waals surface area contributed by atoms with Crippen molar-refractivity contribution in [2.75, 3.05) is 39.3 Å². The molecule has 2 N–H and O–H groups in total. The van der Waals surface area contributed by atoms with Crippen molar-refractivity contribution in [3.05, 3.63) is 0 Å². The Kier molecular flexibility index (Phi) is 11.1. The molecule has 2 aliphatic heterocycles. The molecule has 0 spiro atoms. The second-order valence-corrected chi connectivity index (χ2v) is 6.91. The lowest BCUT2D eigenvalue weighted by atomic mass is 9.96. The fourth-order valence-corrected chi connectivity index (χ4v) is 2.66. The number of nitrogens with one attached hydrogen (secondary N) is 2. The molecule has 0 radical (unpaired) electrons. The van der Waals surface area contributed by atoms with Crippen molar-refractivity contribution in [2.24, 2.45) is 17.8 Å². The van der Waals surface area contributed by atoms with Crippen LogP contribution in [0.2, 0.25) is 0 Å². The van der Waals surface area contributed by atoms with E-state index in [2.05, 4.69) is 10.6 Å². The van der Waals surface area contributed by atoms with Gasteiger partial charge in [0.15, 0.2) is 0 Å². The number of hydrogen-bond acceptors (Lipinski definition) is 4. The molecule has 1 atom stereocenters. The minimum atomic E-state index is 0. The normalized spacial score (nSPS) is 20.8. The zero-order valence-corrected chi connectivity index (χ0v) is 14.7. The van der Waals surface area contributed by atoms with Gasteiger partial charge in [-0.2, -0.15) is 0 Å². The Hall–Kier alpha value is -0.940. The molecule has 0 aromatic carbocycles. The fraction of sp³-hybridized carbons (Fsp3) is 0.889. The molecule has 0 aromatic heterocycles. The Balaban J connectivity index is 0.000000403. The Labute approximate surface area is 142 Å². The van der Waals surface area contributed by atoms with Gasteiger partial charge in [-0.3, -0.25) is 9.59 Å². The molecule has 2 heterocycles. The molecule has 2 fully saturated rings. The van der Waals surface area contributed by atoms with E-state index >= 15 is 0 Å². The molecule has 1 amide bonds. The number of amides is 1. The first-order chi connectivity index (χ1) is 10.4. The second kappa shape index (κ2) is 11.6. The number of carbonyl (C=O) groups excluding carboxylic acids is 2. The van der Waals surface area contributed by atoms with Gasteiger partial charge in [0.2, 0.25) is 5.91 Å². The highest BCUT2D eigenvalue weighted by Gasteiger charge is 2.19. The van der Waals surface area contributed by atoms with Crippen molar-refractivity contribution >= 4 is 11.7 Å². The van der Waals surface area contributed by atoms with Crippen molar-refractivity contribution in [2.45, 2.75) is 48.0 Å². The minimum Gasteiger partial charge on any atom is -0.340 e. The first kappa shape index (κ1) is 22.1. The van der Waals surface area contributed by atoms with E-state index in [-0.39, 0.29) is 25.2 Å². The molecule has 136 valence electrons. The Morgan fingerprint density at radius 3 is 2.04 bits per heavy atom. The molecule has 1 unspecified atom stereocenters. The van der Waals surface area contributed by atoms with Crippen LogP contribution in [0.3, 0.4) is 0 Å². The Morgan fingerprint density at radius 1 is 1.00 bits per heavy atom. The number of piperazine rings is 1. The number of Topliss-reactive ketones (excluding diaryl/α,β-unsaturated/α-hetero) is 1. The quantitative estimate of drug-likeness (QED) is 0.828. The van der Waals surface area contributed by atoms with Crippen LogP contribution in [-0.2, 0) is 9.59 Å². The third-order valence-electron chi connectivity index (χ3n) is 4.22. The molecule has 0 aromatic rings. The van der Waals surface area contributed by atoms with Crippen molar-refractivity contribution < 1.29 is 9.59 Å². The summed E-state index contributed by atoms with van der Waals surface area (Å²) < 4.78 is 0. The van der Waals surface area contributed by atoms with Gasteiger partial charge in [-0.05, 0) is 25.4 Å². The summed E-state index contributed by atoms with van der Waals surface area (Å²) in [6.07, 6.45) is 1.96. The van der Waals surface area contributed by atoms with Crippen LogP contribution >= 0.6 is 0 Å². The number of carbonyl (C=O) groups is 2. The SMILES string of the molecule is C.CC(C)C(=O)CC1CCNC1.CC(C)C(=O)N1CCNCC1. The summed E-state index contributed by atoms with van der Waals surface area (Å²) in [5, 5.41) is 6.48. The zero-order chi connectivity index (χ0) is 16.5. The lowest BCUT2D eigenvalue weighted by Gasteiger charge is -2.28. The maximum absolute atomic E-state index is 11.4. The van der Waals surface area contributed by atoms with Crippen molar-refractivity contribution in [3.63, 3.8) is 0 Å². The van der Waals surface area contributed by atoms with E-state index in [1.807, 2.05) is 32.6 Å². The van der Waals surface area contributed by atoms with Crippen molar-refractivity contribution in [1.82, 2.24) is 15.5 Å². The number of rotatable bonds is 4. The molecular formula is C18H37N3O2. The monoisotopic (exact) mass is 327 g/mol. The first-order valence-electron chi connectivity index (χ1n) is 8.64. The summed E-state index contributed by atoms with van der Waals surface area (Å²) in [7, 11) is 0. The Morgan fingerprint density at radius 2 is 1.61 bits per heavy atom. The maximum atomic E-state index is 11.4. The minimum absolute atomic E-state index is 0.